The van der Waals surface area contributed by atoms with Crippen LogP contribution in [0.4, 0.5) is 22.0 Å². The van der Waals surface area contributed by atoms with Crippen molar-refractivity contribution in [3.8, 4) is 5.75 Å². The number of phenolic OH excluding ortho intramolecular Hbond substituents is 1. The Morgan fingerprint density at radius 2 is 1.58 bits per heavy atom. The van der Waals surface area contributed by atoms with E-state index in [1.54, 1.807) is 0 Å². The highest BCUT2D eigenvalue weighted by Gasteiger charge is 2.62. The Hall–Kier alpha value is -0.500. The van der Waals surface area contributed by atoms with Gasteiger partial charge >= 0.3 is 12.1 Å². The van der Waals surface area contributed by atoms with E-state index in [2.05, 4.69) is 0 Å². The Balaban J connectivity index is 0.00000324. The third kappa shape index (κ3) is 3.53. The SMILES string of the molecule is Cl.N[C@@H](c1c(O)cc(Cl)cc1Cl)C(F)(F)C(F)(F)F. The van der Waals surface area contributed by atoms with E-state index in [9.17, 15) is 27.1 Å². The van der Waals surface area contributed by atoms with Crippen molar-refractivity contribution in [3.63, 3.8) is 0 Å². The summed E-state index contributed by atoms with van der Waals surface area (Å²) in [6.45, 7) is 0. The summed E-state index contributed by atoms with van der Waals surface area (Å²) in [5.41, 5.74) is 3.94. The van der Waals surface area contributed by atoms with Crippen LogP contribution < -0.4 is 5.73 Å². The molecular weight excluding hydrogens is 339 g/mol. The van der Waals surface area contributed by atoms with Crippen LogP contribution in [0, 0.1) is 0 Å². The van der Waals surface area contributed by atoms with Gasteiger partial charge in [-0.2, -0.15) is 22.0 Å². The number of alkyl halides is 5. The Morgan fingerprint density at radius 1 is 1.11 bits per heavy atom. The molecule has 2 nitrogen and oxygen atoms in total. The third-order valence-electron chi connectivity index (χ3n) is 2.15. The average Bonchev–Trinajstić information content (AvgIpc) is 2.13. The Labute approximate surface area is 120 Å². The maximum atomic E-state index is 13.0. The second-order valence-electron chi connectivity index (χ2n) is 3.42. The highest BCUT2D eigenvalue weighted by atomic mass is 35.5. The fraction of sp³-hybridized carbons (Fsp3) is 0.333. The zero-order valence-electron chi connectivity index (χ0n) is 8.81. The van der Waals surface area contributed by atoms with E-state index in [0.29, 0.717) is 0 Å². The molecule has 0 aliphatic carbocycles. The summed E-state index contributed by atoms with van der Waals surface area (Å²) < 4.78 is 62.4. The summed E-state index contributed by atoms with van der Waals surface area (Å²) in [5.74, 6) is -6.16. The van der Waals surface area contributed by atoms with E-state index in [0.717, 1.165) is 12.1 Å². The highest BCUT2D eigenvalue weighted by molar-refractivity contribution is 6.35. The first-order chi connectivity index (χ1) is 7.98. The molecule has 110 valence electrons. The van der Waals surface area contributed by atoms with Crippen molar-refractivity contribution >= 4 is 35.6 Å². The van der Waals surface area contributed by atoms with Crippen LogP contribution in [-0.2, 0) is 0 Å². The van der Waals surface area contributed by atoms with Crippen LogP contribution in [0.25, 0.3) is 0 Å². The number of rotatable bonds is 2. The largest absolute Gasteiger partial charge is 0.507 e. The third-order valence-corrected chi connectivity index (χ3v) is 2.68. The van der Waals surface area contributed by atoms with Gasteiger partial charge in [-0.15, -0.1) is 12.4 Å². The summed E-state index contributed by atoms with van der Waals surface area (Å²) in [5, 5.41) is 8.63. The molecule has 10 heteroatoms. The minimum absolute atomic E-state index is 0. The summed E-state index contributed by atoms with van der Waals surface area (Å²) in [6.07, 6.45) is -5.86. The predicted octanol–water partition coefficient (Wildman–Crippen LogP) is 4.32. The average molecular weight is 347 g/mol. The number of phenols is 1. The first kappa shape index (κ1) is 18.5. The fourth-order valence-corrected chi connectivity index (χ4v) is 1.84. The minimum Gasteiger partial charge on any atom is -0.507 e. The van der Waals surface area contributed by atoms with Crippen LogP contribution in [0.2, 0.25) is 10.0 Å². The van der Waals surface area contributed by atoms with Crippen LogP contribution in [0.3, 0.4) is 0 Å². The number of nitrogens with two attached hydrogens (primary N) is 1. The van der Waals surface area contributed by atoms with Gasteiger partial charge in [0, 0.05) is 10.6 Å². The van der Waals surface area contributed by atoms with Gasteiger partial charge in [0.2, 0.25) is 0 Å². The molecule has 0 aliphatic heterocycles. The molecule has 1 aromatic rings. The van der Waals surface area contributed by atoms with E-state index >= 15 is 0 Å². The van der Waals surface area contributed by atoms with Crippen molar-refractivity contribution in [2.75, 3.05) is 0 Å². The normalized spacial score (nSPS) is 13.9. The van der Waals surface area contributed by atoms with E-state index in [4.69, 9.17) is 28.9 Å². The van der Waals surface area contributed by atoms with Crippen molar-refractivity contribution in [2.24, 2.45) is 5.73 Å². The first-order valence-corrected chi connectivity index (χ1v) is 5.12. The molecule has 19 heavy (non-hydrogen) atoms. The van der Waals surface area contributed by atoms with Crippen LogP contribution in [-0.4, -0.2) is 17.2 Å². The van der Waals surface area contributed by atoms with Crippen LogP contribution in [0.5, 0.6) is 5.75 Å². The maximum Gasteiger partial charge on any atom is 0.455 e. The van der Waals surface area contributed by atoms with Gasteiger partial charge in [0.05, 0.1) is 5.02 Å². The molecule has 0 saturated heterocycles. The van der Waals surface area contributed by atoms with Gasteiger partial charge in [-0.05, 0) is 12.1 Å². The van der Waals surface area contributed by atoms with Gasteiger partial charge in [-0.25, -0.2) is 0 Å². The number of aromatic hydroxyl groups is 1. The molecule has 0 bridgehead atoms. The lowest BCUT2D eigenvalue weighted by Gasteiger charge is -2.27. The standard InChI is InChI=1S/C9H6Cl2F5NO.ClH/c10-3-1-4(11)6(5(18)2-3)7(17)8(12,13)9(14,15)16;/h1-2,7,18H,17H2;1H/t7-;/m0./s1. The summed E-state index contributed by atoms with van der Waals surface area (Å²) in [6, 6.07) is -1.15. The molecule has 3 N–H and O–H groups in total. The zero-order chi connectivity index (χ0) is 14.3. The fourth-order valence-electron chi connectivity index (χ4n) is 1.24. The van der Waals surface area contributed by atoms with Gasteiger partial charge < -0.3 is 10.8 Å². The molecular formula is C9H7Cl3F5NO. The van der Waals surface area contributed by atoms with E-state index in [1.165, 1.54) is 0 Å². The van der Waals surface area contributed by atoms with Gasteiger partial charge in [0.25, 0.3) is 0 Å². The van der Waals surface area contributed by atoms with Crippen molar-refractivity contribution in [3.05, 3.63) is 27.7 Å². The molecule has 1 atom stereocenters. The molecule has 1 aromatic carbocycles. The molecule has 0 saturated carbocycles. The number of hydrogen-bond donors (Lipinski definition) is 2. The van der Waals surface area contributed by atoms with Crippen molar-refractivity contribution in [1.29, 1.82) is 0 Å². The molecule has 0 aromatic heterocycles. The molecule has 0 heterocycles. The van der Waals surface area contributed by atoms with Crippen molar-refractivity contribution in [1.82, 2.24) is 0 Å². The van der Waals surface area contributed by atoms with Crippen LogP contribution in [0.15, 0.2) is 12.1 Å². The number of halogens is 8. The summed E-state index contributed by atoms with van der Waals surface area (Å²) >= 11 is 10.9. The lowest BCUT2D eigenvalue weighted by atomic mass is 10.00. The van der Waals surface area contributed by atoms with E-state index in [1.807, 2.05) is 0 Å². The predicted molar refractivity (Wildman–Crippen MR) is 63.3 cm³/mol. The highest BCUT2D eigenvalue weighted by Crippen LogP contribution is 2.47. The summed E-state index contributed by atoms with van der Waals surface area (Å²) in [7, 11) is 0. The molecule has 0 radical (unpaired) electrons. The Kier molecular flexibility index (Phi) is 5.71. The molecule has 0 unspecified atom stereocenters. The number of hydrogen-bond acceptors (Lipinski definition) is 2. The monoisotopic (exact) mass is 345 g/mol. The molecule has 1 rings (SSSR count). The van der Waals surface area contributed by atoms with Gasteiger partial charge in [-0.3, -0.25) is 0 Å². The van der Waals surface area contributed by atoms with Crippen LogP contribution in [0.1, 0.15) is 11.6 Å². The van der Waals surface area contributed by atoms with Gasteiger partial charge in [-0.1, -0.05) is 23.2 Å². The lowest BCUT2D eigenvalue weighted by molar-refractivity contribution is -0.291. The molecule has 0 fully saturated rings. The smallest absolute Gasteiger partial charge is 0.455 e. The summed E-state index contributed by atoms with van der Waals surface area (Å²) in [4.78, 5) is 0. The van der Waals surface area contributed by atoms with E-state index in [-0.39, 0.29) is 17.4 Å². The lowest BCUT2D eigenvalue weighted by Crippen LogP contribution is -2.46. The second kappa shape index (κ2) is 5.87. The van der Waals surface area contributed by atoms with Crippen molar-refractivity contribution < 1.29 is 27.1 Å². The topological polar surface area (TPSA) is 46.2 Å². The van der Waals surface area contributed by atoms with Gasteiger partial charge in [0.15, 0.2) is 0 Å². The van der Waals surface area contributed by atoms with E-state index < -0.39 is 34.5 Å². The van der Waals surface area contributed by atoms with Crippen LogP contribution >= 0.6 is 35.6 Å². The van der Waals surface area contributed by atoms with Gasteiger partial charge in [0.1, 0.15) is 11.8 Å². The minimum atomic E-state index is -5.86. The molecule has 0 amide bonds. The quantitative estimate of drug-likeness (QED) is 0.784. The Morgan fingerprint density at radius 3 is 1.95 bits per heavy atom. The maximum absolute atomic E-state index is 13.0. The Bertz CT molecular complexity index is 443. The second-order valence-corrected chi connectivity index (χ2v) is 4.26. The first-order valence-electron chi connectivity index (χ1n) is 4.36. The number of benzene rings is 1. The molecule has 0 spiro atoms. The zero-order valence-corrected chi connectivity index (χ0v) is 11.1. The van der Waals surface area contributed by atoms with Crippen molar-refractivity contribution in [2.45, 2.75) is 18.1 Å². The molecule has 0 aliphatic rings.